The van der Waals surface area contributed by atoms with Crippen LogP contribution < -0.4 is 11.1 Å². The average Bonchev–Trinajstić information content (AvgIpc) is 3.49. The summed E-state index contributed by atoms with van der Waals surface area (Å²) in [7, 11) is -3.94. The Morgan fingerprint density at radius 1 is 1.00 bits per heavy atom. The van der Waals surface area contributed by atoms with Gasteiger partial charge >= 0.3 is 0 Å². The molecule has 0 saturated carbocycles. The first kappa shape index (κ1) is 39.6. The summed E-state index contributed by atoms with van der Waals surface area (Å²) < 4.78 is 57.6. The lowest BCUT2D eigenvalue weighted by Gasteiger charge is -2.42. The molecule has 1 aliphatic carbocycles. The van der Waals surface area contributed by atoms with Gasteiger partial charge in [-0.05, 0) is 81.0 Å². The monoisotopic (exact) mass is 746 g/mol. The zero-order chi connectivity index (χ0) is 38.5. The van der Waals surface area contributed by atoms with Crippen LogP contribution in [0, 0.1) is 29.9 Å². The van der Waals surface area contributed by atoms with Gasteiger partial charge in [0.1, 0.15) is 11.6 Å². The van der Waals surface area contributed by atoms with Gasteiger partial charge in [-0.3, -0.25) is 9.59 Å². The van der Waals surface area contributed by atoms with E-state index in [0.717, 1.165) is 36.6 Å². The number of amides is 2. The second kappa shape index (κ2) is 16.6. The van der Waals surface area contributed by atoms with Gasteiger partial charge < -0.3 is 21.1 Å². The molecule has 4 N–H and O–H groups in total. The molecule has 0 spiro atoms. The van der Waals surface area contributed by atoms with Crippen LogP contribution in [0.25, 0.3) is 10.9 Å². The van der Waals surface area contributed by atoms with Crippen LogP contribution in [0.1, 0.15) is 56.7 Å². The highest BCUT2D eigenvalue weighted by Crippen LogP contribution is 2.44. The summed E-state index contributed by atoms with van der Waals surface area (Å²) in [4.78, 5) is 29.4. The Balaban J connectivity index is 1.47. The summed E-state index contributed by atoms with van der Waals surface area (Å²) >= 11 is 0. The highest BCUT2D eigenvalue weighted by molar-refractivity contribution is 7.90. The maximum Gasteiger partial charge on any atom is 0.268 e. The highest BCUT2D eigenvalue weighted by atomic mass is 32.2. The number of carbonyl (C=O) groups excluding carboxylic acids is 2. The molecule has 4 aromatic rings. The number of aliphatic hydroxyl groups excluding tert-OH is 1. The fourth-order valence-corrected chi connectivity index (χ4v) is 8.83. The van der Waals surface area contributed by atoms with Crippen molar-refractivity contribution in [3.05, 3.63) is 125 Å². The van der Waals surface area contributed by atoms with Crippen molar-refractivity contribution in [2.45, 2.75) is 70.9 Å². The third-order valence-electron chi connectivity index (χ3n) is 9.89. The van der Waals surface area contributed by atoms with Gasteiger partial charge in [0.05, 0.1) is 21.9 Å². The highest BCUT2D eigenvalue weighted by Gasteiger charge is 2.48. The van der Waals surface area contributed by atoms with Gasteiger partial charge in [0.15, 0.2) is 0 Å². The van der Waals surface area contributed by atoms with Crippen LogP contribution in [0.3, 0.4) is 0 Å². The van der Waals surface area contributed by atoms with Crippen LogP contribution in [0.15, 0.2) is 101 Å². The lowest BCUT2D eigenvalue weighted by molar-refractivity contribution is -0.132. The van der Waals surface area contributed by atoms with Crippen molar-refractivity contribution in [3.63, 3.8) is 0 Å². The van der Waals surface area contributed by atoms with E-state index in [1.165, 1.54) is 3.97 Å². The molecule has 0 fully saturated rings. The number of para-hydroxylation sites is 1. The van der Waals surface area contributed by atoms with Crippen LogP contribution in [0.5, 0.6) is 0 Å². The van der Waals surface area contributed by atoms with E-state index in [2.05, 4.69) is 5.32 Å². The normalized spacial score (nSPS) is 17.3. The molecule has 5 rings (SSSR count). The van der Waals surface area contributed by atoms with E-state index in [1.54, 1.807) is 72.6 Å². The number of hydrogen-bond donors (Lipinski definition) is 3. The Morgan fingerprint density at radius 2 is 1.64 bits per heavy atom. The molecular formula is C41H48F2N4O5S. The van der Waals surface area contributed by atoms with Gasteiger partial charge in [-0.1, -0.05) is 67.5 Å². The topological polar surface area (TPSA) is 135 Å². The predicted molar refractivity (Wildman–Crippen MR) is 202 cm³/mol. The second-order valence-corrected chi connectivity index (χ2v) is 15.8. The Labute approximate surface area is 310 Å². The third-order valence-corrected chi connectivity index (χ3v) is 11.6. The summed E-state index contributed by atoms with van der Waals surface area (Å²) in [5, 5.41) is 15.9. The Morgan fingerprint density at radius 3 is 2.26 bits per heavy atom. The molecule has 0 radical (unpaired) electrons. The Hall–Kier alpha value is -4.65. The quantitative estimate of drug-likeness (QED) is 0.126. The van der Waals surface area contributed by atoms with Gasteiger partial charge in [0.2, 0.25) is 11.8 Å². The van der Waals surface area contributed by atoms with Gasteiger partial charge in [-0.15, -0.1) is 0 Å². The molecule has 2 amide bonds. The summed E-state index contributed by atoms with van der Waals surface area (Å²) in [6, 6.07) is 16.7. The number of aromatic nitrogens is 1. The van der Waals surface area contributed by atoms with Crippen molar-refractivity contribution >= 4 is 32.7 Å². The number of allylic oxidation sites excluding steroid dienone is 2. The number of aliphatic hydroxyl groups is 1. The minimum absolute atomic E-state index is 0.0978. The van der Waals surface area contributed by atoms with Gasteiger partial charge in [-0.2, -0.15) is 0 Å². The molecule has 0 saturated heterocycles. The van der Waals surface area contributed by atoms with Crippen LogP contribution >= 0.6 is 0 Å². The van der Waals surface area contributed by atoms with Gasteiger partial charge in [0, 0.05) is 55.3 Å². The predicted octanol–water partition coefficient (Wildman–Crippen LogP) is 6.17. The van der Waals surface area contributed by atoms with Crippen molar-refractivity contribution in [1.29, 1.82) is 0 Å². The number of halogens is 2. The van der Waals surface area contributed by atoms with Crippen LogP contribution in [-0.2, 0) is 32.6 Å². The largest absolute Gasteiger partial charge is 0.391 e. The molecule has 12 heteroatoms. The molecule has 9 nitrogen and oxygen atoms in total. The summed E-state index contributed by atoms with van der Waals surface area (Å²) in [5.41, 5.74) is 7.83. The van der Waals surface area contributed by atoms with Crippen molar-refractivity contribution in [2.24, 2.45) is 17.1 Å². The number of hydrogen-bond acceptors (Lipinski definition) is 6. The number of rotatable bonds is 16. The minimum Gasteiger partial charge on any atom is -0.391 e. The zero-order valence-electron chi connectivity index (χ0n) is 30.6. The number of carbonyl (C=O) groups is 2. The van der Waals surface area contributed by atoms with Crippen molar-refractivity contribution < 1.29 is 31.9 Å². The maximum absolute atomic E-state index is 14.4. The molecule has 1 aromatic heterocycles. The van der Waals surface area contributed by atoms with Crippen molar-refractivity contribution in [3.8, 4) is 0 Å². The molecule has 0 bridgehead atoms. The number of nitrogens with zero attached hydrogens (tertiary/aromatic N) is 2. The first-order valence-corrected chi connectivity index (χ1v) is 19.4. The van der Waals surface area contributed by atoms with Crippen molar-refractivity contribution in [2.75, 3.05) is 19.6 Å². The van der Waals surface area contributed by atoms with E-state index >= 15 is 0 Å². The second-order valence-electron chi connectivity index (χ2n) is 14.0. The maximum atomic E-state index is 14.4. The van der Waals surface area contributed by atoms with Gasteiger partial charge in [0.25, 0.3) is 10.0 Å². The smallest absolute Gasteiger partial charge is 0.268 e. The fourth-order valence-electron chi connectivity index (χ4n) is 7.44. The standard InChI is InChI=1S/C41H48F2N4O5S/c1-5-15-46(16-6-2)39(49)30-17-28(4)22-41(23-30,40(44)50)36(20-29-18-32(42)21-33(43)19-29)38(48)25-45-24-31-26-47(37-10-8-7-9-35(31)37)53(51,52)34-13-11-27(3)12-14-34/h7-14,17-19,21-22,26,36,38,45,48H,5-6,15-16,20,23-25H2,1-4H3,(H2,44,50)/t36-,38+,41?/m1/s1. The molecule has 53 heavy (non-hydrogen) atoms. The SMILES string of the molecule is CCCN(CCC)C(=O)C1=CC(C)=CC(C(N)=O)([C@H](Cc2cc(F)cc(F)c2)[C@@H](O)CNCc2cn(S(=O)(=O)c3ccc(C)cc3)c3ccccc23)C1. The number of aryl methyl sites for hydroxylation is 1. The van der Waals surface area contributed by atoms with E-state index in [1.807, 2.05) is 26.8 Å². The number of nitrogens with two attached hydrogens (primary N) is 1. The van der Waals surface area contributed by atoms with E-state index in [9.17, 15) is 31.9 Å². The molecule has 1 unspecified atom stereocenters. The number of primary amides is 1. The molecule has 3 atom stereocenters. The van der Waals surface area contributed by atoms with Gasteiger partial charge in [-0.25, -0.2) is 21.2 Å². The molecule has 3 aromatic carbocycles. The minimum atomic E-state index is -3.94. The van der Waals surface area contributed by atoms with Crippen LogP contribution in [0.2, 0.25) is 0 Å². The molecule has 1 aliphatic rings. The van der Waals surface area contributed by atoms with E-state index in [0.29, 0.717) is 40.7 Å². The van der Waals surface area contributed by atoms with Crippen molar-refractivity contribution in [1.82, 2.24) is 14.2 Å². The first-order valence-electron chi connectivity index (χ1n) is 17.9. The summed E-state index contributed by atoms with van der Waals surface area (Å²) in [6.45, 7) is 8.67. The fraction of sp³-hybridized carbons (Fsp3) is 0.366. The summed E-state index contributed by atoms with van der Waals surface area (Å²) in [5.74, 6) is -3.64. The van der Waals surface area contributed by atoms with E-state index < -0.39 is 45.0 Å². The van der Waals surface area contributed by atoms with Crippen LogP contribution in [0.4, 0.5) is 8.78 Å². The molecular weight excluding hydrogens is 699 g/mol. The lowest BCUT2D eigenvalue weighted by Crippen LogP contribution is -2.51. The molecule has 0 aliphatic heterocycles. The number of nitrogens with one attached hydrogen (secondary N) is 1. The Bertz CT molecular complexity index is 2120. The Kier molecular flexibility index (Phi) is 12.4. The summed E-state index contributed by atoms with van der Waals surface area (Å²) in [6.07, 6.45) is 4.87. The molecule has 1 heterocycles. The van der Waals surface area contributed by atoms with Crippen LogP contribution in [-0.4, -0.2) is 59.9 Å². The van der Waals surface area contributed by atoms with E-state index in [-0.39, 0.29) is 42.3 Å². The third kappa shape index (κ3) is 8.61. The number of fused-ring (bicyclic) bond motifs is 1. The number of benzene rings is 3. The lowest BCUT2D eigenvalue weighted by atomic mass is 9.63. The zero-order valence-corrected chi connectivity index (χ0v) is 31.4. The molecule has 282 valence electrons. The van der Waals surface area contributed by atoms with E-state index in [4.69, 9.17) is 5.73 Å². The average molecular weight is 747 g/mol. The first-order chi connectivity index (χ1) is 25.2.